The number of aryl methyl sites for hydroxylation is 1. The van der Waals surface area contributed by atoms with Crippen LogP contribution in [-0.2, 0) is 6.42 Å². The van der Waals surface area contributed by atoms with Crippen LogP contribution in [0.25, 0.3) is 0 Å². The maximum absolute atomic E-state index is 3.65. The number of halogens is 2. The van der Waals surface area contributed by atoms with Crippen molar-refractivity contribution in [3.8, 4) is 0 Å². The van der Waals surface area contributed by atoms with Gasteiger partial charge in [0.05, 0.1) is 13.6 Å². The van der Waals surface area contributed by atoms with Crippen LogP contribution >= 0.6 is 43.2 Å². The molecule has 0 fully saturated rings. The van der Waals surface area contributed by atoms with E-state index in [9.17, 15) is 0 Å². The smallest absolute Gasteiger partial charge is 0.0761 e. The third-order valence-corrected chi connectivity index (χ3v) is 5.49. The largest absolute Gasteiger partial charge is 0.309 e. The van der Waals surface area contributed by atoms with Gasteiger partial charge in [0.2, 0.25) is 0 Å². The summed E-state index contributed by atoms with van der Waals surface area (Å²) in [4.78, 5) is 0. The fraction of sp³-hybridized carbons (Fsp3) is 0.333. The van der Waals surface area contributed by atoms with Gasteiger partial charge < -0.3 is 5.32 Å². The summed E-state index contributed by atoms with van der Waals surface area (Å²) in [5.74, 6) is 0. The number of nitrogens with one attached hydrogen (secondary N) is 1. The van der Waals surface area contributed by atoms with Crippen molar-refractivity contribution in [2.45, 2.75) is 25.8 Å². The Morgan fingerprint density at radius 2 is 2.05 bits per heavy atom. The van der Waals surface area contributed by atoms with Crippen LogP contribution in [0.15, 0.2) is 37.9 Å². The third-order valence-electron chi connectivity index (χ3n) is 3.11. The van der Waals surface area contributed by atoms with Crippen LogP contribution in [-0.4, -0.2) is 7.05 Å². The molecule has 2 aromatic rings. The van der Waals surface area contributed by atoms with E-state index in [4.69, 9.17) is 0 Å². The van der Waals surface area contributed by atoms with Crippen molar-refractivity contribution in [1.29, 1.82) is 0 Å². The van der Waals surface area contributed by atoms with Gasteiger partial charge in [0.25, 0.3) is 0 Å². The quantitative estimate of drug-likeness (QED) is 0.692. The Bertz CT molecular complexity index is 551. The summed E-state index contributed by atoms with van der Waals surface area (Å²) in [5.41, 5.74) is 4.01. The fourth-order valence-corrected chi connectivity index (χ4v) is 5.17. The lowest BCUT2D eigenvalue weighted by atomic mass is 9.98. The molecule has 1 unspecified atom stereocenters. The van der Waals surface area contributed by atoms with Gasteiger partial charge in [-0.3, -0.25) is 0 Å². The number of hydrogen-bond acceptors (Lipinski definition) is 2. The normalized spacial score (nSPS) is 12.6. The average molecular weight is 403 g/mol. The standard InChI is InChI=1S/C15H17Br2NS/c1-3-5-10-6-4-7-11(8-10)14(18-2)12-9-13(16)19-15(12)17/h4,6-9,14,18H,3,5H2,1-2H3. The number of hydrogen-bond donors (Lipinski definition) is 1. The molecule has 2 rings (SSSR count). The lowest BCUT2D eigenvalue weighted by molar-refractivity contribution is 0.690. The molecule has 0 amide bonds. The summed E-state index contributed by atoms with van der Waals surface area (Å²) in [6.07, 6.45) is 2.32. The van der Waals surface area contributed by atoms with Crippen molar-refractivity contribution >= 4 is 43.2 Å². The fourth-order valence-electron chi connectivity index (χ4n) is 2.27. The number of thiophene rings is 1. The van der Waals surface area contributed by atoms with E-state index in [1.165, 1.54) is 26.9 Å². The molecular formula is C15H17Br2NS. The monoisotopic (exact) mass is 401 g/mol. The molecule has 102 valence electrons. The topological polar surface area (TPSA) is 12.0 Å². The van der Waals surface area contributed by atoms with Crippen molar-refractivity contribution in [3.05, 3.63) is 54.6 Å². The van der Waals surface area contributed by atoms with Crippen molar-refractivity contribution in [2.24, 2.45) is 0 Å². The van der Waals surface area contributed by atoms with Gasteiger partial charge in [0, 0.05) is 0 Å². The van der Waals surface area contributed by atoms with Crippen molar-refractivity contribution in [1.82, 2.24) is 5.32 Å². The zero-order chi connectivity index (χ0) is 13.8. The number of rotatable bonds is 5. The first-order valence-corrected chi connectivity index (χ1v) is 8.76. The molecule has 0 aliphatic carbocycles. The molecule has 0 bridgehead atoms. The van der Waals surface area contributed by atoms with Crippen molar-refractivity contribution in [3.63, 3.8) is 0 Å². The molecule has 0 saturated carbocycles. The Morgan fingerprint density at radius 3 is 2.63 bits per heavy atom. The first-order chi connectivity index (χ1) is 9.15. The summed E-state index contributed by atoms with van der Waals surface area (Å²) in [5, 5.41) is 3.41. The lowest BCUT2D eigenvalue weighted by Gasteiger charge is -2.17. The first kappa shape index (κ1) is 15.2. The zero-order valence-electron chi connectivity index (χ0n) is 11.0. The summed E-state index contributed by atoms with van der Waals surface area (Å²) < 4.78 is 2.33. The van der Waals surface area contributed by atoms with E-state index in [2.05, 4.69) is 74.4 Å². The molecule has 1 aromatic carbocycles. The van der Waals surface area contributed by atoms with Crippen LogP contribution in [0.5, 0.6) is 0 Å². The van der Waals surface area contributed by atoms with Crippen LogP contribution in [0, 0.1) is 0 Å². The molecule has 0 spiro atoms. The van der Waals surface area contributed by atoms with Crippen molar-refractivity contribution in [2.75, 3.05) is 7.05 Å². The molecule has 19 heavy (non-hydrogen) atoms. The van der Waals surface area contributed by atoms with Gasteiger partial charge in [-0.2, -0.15) is 0 Å². The summed E-state index contributed by atoms with van der Waals surface area (Å²) in [6, 6.07) is 11.3. The van der Waals surface area contributed by atoms with Crippen LogP contribution in [0.2, 0.25) is 0 Å². The second-order valence-electron chi connectivity index (χ2n) is 4.50. The predicted octanol–water partition coefficient (Wildman–Crippen LogP) is 5.53. The van der Waals surface area contributed by atoms with Crippen LogP contribution in [0.1, 0.15) is 36.1 Å². The molecular weight excluding hydrogens is 386 g/mol. The van der Waals surface area contributed by atoms with Crippen LogP contribution in [0.4, 0.5) is 0 Å². The molecule has 1 atom stereocenters. The van der Waals surface area contributed by atoms with Crippen molar-refractivity contribution < 1.29 is 0 Å². The van der Waals surface area contributed by atoms with Gasteiger partial charge in [-0.15, -0.1) is 11.3 Å². The highest BCUT2D eigenvalue weighted by Crippen LogP contribution is 2.37. The summed E-state index contributed by atoms with van der Waals surface area (Å²) in [6.45, 7) is 2.22. The Hall–Kier alpha value is -0.160. The molecule has 1 aromatic heterocycles. The van der Waals surface area contributed by atoms with Crippen LogP contribution in [0.3, 0.4) is 0 Å². The highest BCUT2D eigenvalue weighted by Gasteiger charge is 2.17. The van der Waals surface area contributed by atoms with Gasteiger partial charge in [0.15, 0.2) is 0 Å². The molecule has 0 aliphatic heterocycles. The SMILES string of the molecule is CCCc1cccc(C(NC)c2cc(Br)sc2Br)c1. The van der Waals surface area contributed by atoms with Gasteiger partial charge >= 0.3 is 0 Å². The van der Waals surface area contributed by atoms with Crippen LogP contribution < -0.4 is 5.32 Å². The highest BCUT2D eigenvalue weighted by molar-refractivity contribution is 9.12. The molecule has 0 saturated heterocycles. The summed E-state index contributed by atoms with van der Waals surface area (Å²) >= 11 is 8.92. The average Bonchev–Trinajstić information content (AvgIpc) is 2.71. The maximum Gasteiger partial charge on any atom is 0.0761 e. The molecule has 0 radical (unpaired) electrons. The van der Waals surface area contributed by atoms with E-state index in [0.29, 0.717) is 0 Å². The Kier molecular flexibility index (Phi) is 5.63. The molecule has 1 heterocycles. The molecule has 4 heteroatoms. The second kappa shape index (κ2) is 7.02. The lowest BCUT2D eigenvalue weighted by Crippen LogP contribution is -2.17. The minimum absolute atomic E-state index is 0.230. The zero-order valence-corrected chi connectivity index (χ0v) is 15.0. The third kappa shape index (κ3) is 3.69. The van der Waals surface area contributed by atoms with E-state index < -0.39 is 0 Å². The molecule has 1 N–H and O–H groups in total. The second-order valence-corrected chi connectivity index (χ2v) is 8.25. The molecule has 0 aliphatic rings. The van der Waals surface area contributed by atoms with E-state index in [0.717, 1.165) is 10.2 Å². The minimum Gasteiger partial charge on any atom is -0.309 e. The van der Waals surface area contributed by atoms with Gasteiger partial charge in [-0.1, -0.05) is 37.6 Å². The Morgan fingerprint density at radius 1 is 1.26 bits per heavy atom. The predicted molar refractivity (Wildman–Crippen MR) is 91.1 cm³/mol. The number of benzene rings is 1. The van der Waals surface area contributed by atoms with E-state index in [-0.39, 0.29) is 6.04 Å². The Labute approximate surface area is 135 Å². The van der Waals surface area contributed by atoms with Gasteiger partial charge in [-0.05, 0) is 68.1 Å². The molecule has 1 nitrogen and oxygen atoms in total. The minimum atomic E-state index is 0.230. The van der Waals surface area contributed by atoms with E-state index >= 15 is 0 Å². The van der Waals surface area contributed by atoms with E-state index in [1.54, 1.807) is 11.3 Å². The first-order valence-electron chi connectivity index (χ1n) is 6.36. The van der Waals surface area contributed by atoms with Gasteiger partial charge in [0.1, 0.15) is 0 Å². The highest BCUT2D eigenvalue weighted by atomic mass is 79.9. The van der Waals surface area contributed by atoms with E-state index in [1.807, 2.05) is 7.05 Å². The maximum atomic E-state index is 3.65. The van der Waals surface area contributed by atoms with Gasteiger partial charge in [-0.25, -0.2) is 0 Å². The summed E-state index contributed by atoms with van der Waals surface area (Å²) in [7, 11) is 2.01. The Balaban J connectivity index is 2.36.